The van der Waals surface area contributed by atoms with Gasteiger partial charge in [-0.1, -0.05) is 245 Å². The summed E-state index contributed by atoms with van der Waals surface area (Å²) in [4.78, 5) is 38.0. The van der Waals surface area contributed by atoms with E-state index < -0.39 is 5.97 Å². The smallest absolute Gasteiger partial charge is 0.323 e. The monoisotopic (exact) mass is 734 g/mol. The highest BCUT2D eigenvalue weighted by atomic mass is 16.4. The minimum atomic E-state index is -1.04. The molecule has 0 aliphatic heterocycles. The van der Waals surface area contributed by atoms with Crippen LogP contribution < -0.4 is 0 Å². The zero-order valence-corrected chi connectivity index (χ0v) is 35.3. The maximum absolute atomic E-state index is 12.8. The molecule has 0 fully saturated rings. The second-order valence-corrected chi connectivity index (χ2v) is 16.4. The number of hydrogen-bond acceptors (Lipinski definition) is 3. The molecule has 0 aliphatic rings. The molecule has 0 saturated carbocycles. The number of aliphatic carboxylic acids is 1. The Labute approximate surface area is 325 Å². The highest BCUT2D eigenvalue weighted by Crippen LogP contribution is 2.17. The number of nitrogens with zero attached hydrogens (tertiary/aromatic N) is 1. The number of unbranched alkanes of at least 4 members (excludes halogenated alkanes) is 36. The molecule has 0 spiro atoms. The van der Waals surface area contributed by atoms with Crippen molar-refractivity contribution in [3.05, 3.63) is 0 Å². The van der Waals surface area contributed by atoms with Crippen LogP contribution in [0.15, 0.2) is 0 Å². The van der Waals surface area contributed by atoms with Gasteiger partial charge >= 0.3 is 5.97 Å². The Hall–Kier alpha value is -1.39. The van der Waals surface area contributed by atoms with Crippen LogP contribution in [0.5, 0.6) is 0 Å². The van der Waals surface area contributed by atoms with Crippen LogP contribution in [-0.2, 0) is 14.4 Å². The first kappa shape index (κ1) is 50.6. The number of rotatable bonds is 44. The predicted octanol–water partition coefficient (Wildman–Crippen LogP) is 15.1. The molecule has 0 unspecified atom stereocenters. The third-order valence-electron chi connectivity index (χ3n) is 11.1. The molecule has 0 saturated heterocycles. The number of ketones is 1. The molecule has 5 heteroatoms. The van der Waals surface area contributed by atoms with Crippen LogP contribution in [0.1, 0.15) is 271 Å². The SMILES string of the molecule is CCCCCCCCCCCCCCCCCCCCCC(=O)CN(CC(=O)O)C(=O)CCCCCCCCCCCCCCCCCCCCC. The third kappa shape index (κ3) is 39.8. The fourth-order valence-corrected chi connectivity index (χ4v) is 7.60. The van der Waals surface area contributed by atoms with Gasteiger partial charge in [0.25, 0.3) is 0 Å². The van der Waals surface area contributed by atoms with Crippen molar-refractivity contribution in [3.63, 3.8) is 0 Å². The second kappa shape index (κ2) is 42.4. The lowest BCUT2D eigenvalue weighted by molar-refractivity contribution is -0.145. The Balaban J connectivity index is 3.65. The van der Waals surface area contributed by atoms with Crippen molar-refractivity contribution in [3.8, 4) is 0 Å². The highest BCUT2D eigenvalue weighted by molar-refractivity contribution is 5.88. The lowest BCUT2D eigenvalue weighted by atomic mass is 10.0. The van der Waals surface area contributed by atoms with Crippen molar-refractivity contribution >= 4 is 17.7 Å². The number of Topliss-reactive ketones (excluding diaryl/α,β-unsaturated/α-hetero) is 1. The molecule has 52 heavy (non-hydrogen) atoms. The summed E-state index contributed by atoms with van der Waals surface area (Å²) in [5.41, 5.74) is 0. The second-order valence-electron chi connectivity index (χ2n) is 16.4. The maximum Gasteiger partial charge on any atom is 0.323 e. The summed E-state index contributed by atoms with van der Waals surface area (Å²) in [6.07, 6.45) is 50.8. The molecule has 0 bridgehead atoms. The van der Waals surface area contributed by atoms with Gasteiger partial charge in [0.05, 0.1) is 6.54 Å². The molecule has 1 N–H and O–H groups in total. The molecule has 1 amide bonds. The van der Waals surface area contributed by atoms with E-state index in [1.165, 1.54) is 210 Å². The molecular formula is C47H91NO4. The Morgan fingerprint density at radius 2 is 0.558 bits per heavy atom. The van der Waals surface area contributed by atoms with Crippen LogP contribution in [0.25, 0.3) is 0 Å². The van der Waals surface area contributed by atoms with Crippen LogP contribution in [0.4, 0.5) is 0 Å². The lowest BCUT2D eigenvalue weighted by Gasteiger charge is -2.20. The van der Waals surface area contributed by atoms with Crippen molar-refractivity contribution in [1.29, 1.82) is 0 Å². The van der Waals surface area contributed by atoms with Gasteiger partial charge in [-0.05, 0) is 12.8 Å². The van der Waals surface area contributed by atoms with Crippen molar-refractivity contribution in [2.24, 2.45) is 0 Å². The van der Waals surface area contributed by atoms with Crippen LogP contribution >= 0.6 is 0 Å². The number of carbonyl (C=O) groups excluding carboxylic acids is 2. The Morgan fingerprint density at radius 3 is 0.808 bits per heavy atom. The first-order valence-electron chi connectivity index (χ1n) is 23.5. The van der Waals surface area contributed by atoms with Gasteiger partial charge in [0.1, 0.15) is 6.54 Å². The van der Waals surface area contributed by atoms with E-state index in [9.17, 15) is 19.5 Å². The van der Waals surface area contributed by atoms with E-state index in [0.717, 1.165) is 38.5 Å². The number of hydrogen-bond donors (Lipinski definition) is 1. The highest BCUT2D eigenvalue weighted by Gasteiger charge is 2.19. The summed E-state index contributed by atoms with van der Waals surface area (Å²) in [5, 5.41) is 9.32. The van der Waals surface area contributed by atoms with Crippen LogP contribution in [-0.4, -0.2) is 40.8 Å². The Kier molecular flexibility index (Phi) is 41.2. The number of carboxylic acids is 1. The molecule has 0 aliphatic carbocycles. The molecular weight excluding hydrogens is 643 g/mol. The maximum atomic E-state index is 12.8. The molecule has 0 aromatic rings. The minimum Gasteiger partial charge on any atom is -0.480 e. The summed E-state index contributed by atoms with van der Waals surface area (Å²) in [5.74, 6) is -1.23. The standard InChI is InChI=1S/C47H91NO4/c1-3-5-7-9-11-13-15-17-19-21-23-25-27-29-31-33-35-37-39-41-45(49)43-48(44-47(51)52)46(50)42-40-38-36-34-32-30-28-26-24-22-20-18-16-14-12-10-8-6-4-2/h3-44H2,1-2H3,(H,51,52). The predicted molar refractivity (Wildman–Crippen MR) is 225 cm³/mol. The summed E-state index contributed by atoms with van der Waals surface area (Å²) >= 11 is 0. The van der Waals surface area contributed by atoms with E-state index in [1.54, 1.807) is 0 Å². The van der Waals surface area contributed by atoms with Crippen molar-refractivity contribution in [2.45, 2.75) is 271 Å². The fraction of sp³-hybridized carbons (Fsp3) is 0.936. The summed E-state index contributed by atoms with van der Waals surface area (Å²) in [7, 11) is 0. The van der Waals surface area contributed by atoms with E-state index in [4.69, 9.17) is 0 Å². The number of amides is 1. The van der Waals surface area contributed by atoms with Crippen molar-refractivity contribution in [1.82, 2.24) is 4.90 Å². The van der Waals surface area contributed by atoms with Crippen LogP contribution in [0.3, 0.4) is 0 Å². The molecule has 0 radical (unpaired) electrons. The summed E-state index contributed by atoms with van der Waals surface area (Å²) in [6.45, 7) is 4.14. The van der Waals surface area contributed by atoms with Crippen LogP contribution in [0, 0.1) is 0 Å². The lowest BCUT2D eigenvalue weighted by Crippen LogP contribution is -2.39. The van der Waals surface area contributed by atoms with E-state index in [0.29, 0.717) is 12.8 Å². The van der Waals surface area contributed by atoms with Crippen molar-refractivity contribution in [2.75, 3.05) is 13.1 Å². The van der Waals surface area contributed by atoms with E-state index in [-0.39, 0.29) is 24.8 Å². The molecule has 308 valence electrons. The van der Waals surface area contributed by atoms with E-state index in [1.807, 2.05) is 0 Å². The van der Waals surface area contributed by atoms with Gasteiger partial charge < -0.3 is 10.0 Å². The Bertz CT molecular complexity index is 768. The quantitative estimate of drug-likeness (QED) is 0.0633. The molecule has 0 aromatic carbocycles. The van der Waals surface area contributed by atoms with Gasteiger partial charge in [0, 0.05) is 12.8 Å². The van der Waals surface area contributed by atoms with Gasteiger partial charge in [-0.2, -0.15) is 0 Å². The van der Waals surface area contributed by atoms with Gasteiger partial charge in [0.15, 0.2) is 5.78 Å². The van der Waals surface area contributed by atoms with Crippen LogP contribution in [0.2, 0.25) is 0 Å². The zero-order valence-electron chi connectivity index (χ0n) is 35.3. The average Bonchev–Trinajstić information content (AvgIpc) is 3.13. The summed E-state index contributed by atoms with van der Waals surface area (Å²) < 4.78 is 0. The number of carbonyl (C=O) groups is 3. The molecule has 0 rings (SSSR count). The first-order valence-corrected chi connectivity index (χ1v) is 23.5. The Morgan fingerprint density at radius 1 is 0.327 bits per heavy atom. The third-order valence-corrected chi connectivity index (χ3v) is 11.1. The minimum absolute atomic E-state index is 0.00487. The summed E-state index contributed by atoms with van der Waals surface area (Å²) in [6, 6.07) is 0. The molecule has 0 heterocycles. The van der Waals surface area contributed by atoms with Crippen molar-refractivity contribution < 1.29 is 19.5 Å². The van der Waals surface area contributed by atoms with E-state index >= 15 is 0 Å². The number of carboxylic acid groups (broad SMARTS) is 1. The molecule has 0 atom stereocenters. The first-order chi connectivity index (χ1) is 25.5. The average molecular weight is 734 g/mol. The van der Waals surface area contributed by atoms with Gasteiger partial charge in [-0.25, -0.2) is 0 Å². The normalized spacial score (nSPS) is 11.3. The largest absolute Gasteiger partial charge is 0.480 e. The van der Waals surface area contributed by atoms with E-state index in [2.05, 4.69) is 13.8 Å². The fourth-order valence-electron chi connectivity index (χ4n) is 7.60. The van der Waals surface area contributed by atoms with Gasteiger partial charge in [0.2, 0.25) is 5.91 Å². The van der Waals surface area contributed by atoms with Gasteiger partial charge in [-0.15, -0.1) is 0 Å². The molecule has 5 nitrogen and oxygen atoms in total. The molecule has 0 aromatic heterocycles. The topological polar surface area (TPSA) is 74.7 Å². The van der Waals surface area contributed by atoms with Gasteiger partial charge in [-0.3, -0.25) is 14.4 Å². The zero-order chi connectivity index (χ0) is 38.0.